The zero-order valence-corrected chi connectivity index (χ0v) is 23.3. The lowest BCUT2D eigenvalue weighted by Gasteiger charge is -2.26. The Morgan fingerprint density at radius 3 is 1.86 bits per heavy atom. The number of anilines is 3. The van der Waals surface area contributed by atoms with Crippen LogP contribution in [-0.2, 0) is 0 Å². The van der Waals surface area contributed by atoms with E-state index in [1.54, 1.807) is 0 Å². The molecule has 2 heterocycles. The normalized spacial score (nSPS) is 11.9. The summed E-state index contributed by atoms with van der Waals surface area (Å²) in [6.07, 6.45) is 0. The number of hydrogen-bond acceptors (Lipinski definition) is 2. The van der Waals surface area contributed by atoms with Crippen LogP contribution in [0.2, 0.25) is 0 Å². The van der Waals surface area contributed by atoms with Gasteiger partial charge >= 0.3 is 0 Å². The molecule has 3 heteroatoms. The first-order valence-electron chi connectivity index (χ1n) is 14.6. The lowest BCUT2D eigenvalue weighted by atomic mass is 10.0. The summed E-state index contributed by atoms with van der Waals surface area (Å²) in [7, 11) is 0. The highest BCUT2D eigenvalue weighted by Gasteiger charge is 2.24. The number of rotatable bonds is 5. The molecule has 0 spiro atoms. The molecule has 3 nitrogen and oxygen atoms in total. The third kappa shape index (κ3) is 3.68. The van der Waals surface area contributed by atoms with Crippen molar-refractivity contribution < 1.29 is 4.74 Å². The first kappa shape index (κ1) is 23.9. The van der Waals surface area contributed by atoms with Crippen molar-refractivity contribution in [3.63, 3.8) is 0 Å². The Kier molecular flexibility index (Phi) is 5.20. The molecular weight excluding hydrogens is 524 g/mol. The first-order valence-corrected chi connectivity index (χ1v) is 14.6. The van der Waals surface area contributed by atoms with Crippen molar-refractivity contribution in [1.82, 2.24) is 4.57 Å². The maximum atomic E-state index is 6.43. The van der Waals surface area contributed by atoms with Crippen molar-refractivity contribution in [1.29, 1.82) is 0 Å². The lowest BCUT2D eigenvalue weighted by Crippen LogP contribution is -2.10. The molecule has 9 rings (SSSR count). The third-order valence-corrected chi connectivity index (χ3v) is 8.53. The molecule has 1 aromatic heterocycles. The molecule has 202 valence electrons. The first-order chi connectivity index (χ1) is 21.3. The van der Waals surface area contributed by atoms with Gasteiger partial charge in [-0.2, -0.15) is 0 Å². The van der Waals surface area contributed by atoms with Gasteiger partial charge in [0.2, 0.25) is 0 Å². The standard InChI is InChI=1S/C40H26N2O/c1-3-10-27(11-4-1)28-20-23-31(24-21-28)41(30-13-5-2-6-14-30)32-15-8-16-33(26-32)42-34-17-9-19-37-39(34)40-35(42)25-22-29-12-7-18-36(43-37)38(29)40/h1-26H. The Morgan fingerprint density at radius 2 is 1.05 bits per heavy atom. The second kappa shape index (κ2) is 9.37. The van der Waals surface area contributed by atoms with E-state index in [0.717, 1.165) is 39.8 Å². The Bertz CT molecular complexity index is 2300. The monoisotopic (exact) mass is 550 g/mol. The van der Waals surface area contributed by atoms with Gasteiger partial charge in [0.15, 0.2) is 0 Å². The highest BCUT2D eigenvalue weighted by Crippen LogP contribution is 2.49. The van der Waals surface area contributed by atoms with E-state index in [0.29, 0.717) is 0 Å². The number of para-hydroxylation sites is 1. The molecule has 0 fully saturated rings. The zero-order valence-electron chi connectivity index (χ0n) is 23.3. The molecule has 0 saturated heterocycles. The van der Waals surface area contributed by atoms with Crippen LogP contribution in [0.1, 0.15) is 0 Å². The molecular formula is C40H26N2O. The number of ether oxygens (including phenoxy) is 1. The quantitative estimate of drug-likeness (QED) is 0.212. The van der Waals surface area contributed by atoms with Crippen LogP contribution in [-0.4, -0.2) is 4.57 Å². The van der Waals surface area contributed by atoms with Gasteiger partial charge in [0.05, 0.1) is 16.4 Å². The van der Waals surface area contributed by atoms with Crippen molar-refractivity contribution in [2.24, 2.45) is 0 Å². The molecule has 43 heavy (non-hydrogen) atoms. The van der Waals surface area contributed by atoms with Crippen LogP contribution in [0.5, 0.6) is 11.5 Å². The van der Waals surface area contributed by atoms with E-state index in [1.165, 1.54) is 38.2 Å². The van der Waals surface area contributed by atoms with Crippen LogP contribution < -0.4 is 9.64 Å². The summed E-state index contributed by atoms with van der Waals surface area (Å²) < 4.78 is 8.81. The van der Waals surface area contributed by atoms with E-state index in [2.05, 4.69) is 167 Å². The molecule has 0 saturated carbocycles. The average Bonchev–Trinajstić information content (AvgIpc) is 3.42. The van der Waals surface area contributed by atoms with Gasteiger partial charge in [0, 0.05) is 33.5 Å². The fourth-order valence-corrected chi connectivity index (χ4v) is 6.66. The van der Waals surface area contributed by atoms with Gasteiger partial charge in [-0.05, 0) is 83.2 Å². The van der Waals surface area contributed by atoms with Gasteiger partial charge in [-0.15, -0.1) is 0 Å². The lowest BCUT2D eigenvalue weighted by molar-refractivity contribution is 0.493. The Balaban J connectivity index is 1.24. The maximum Gasteiger partial charge on any atom is 0.137 e. The SMILES string of the molecule is c1ccc(-c2ccc(N(c3ccccc3)c3cccc(-n4c5cccc6c5c5c7c(cccc7ccc54)O6)c3)cc2)cc1. The van der Waals surface area contributed by atoms with E-state index < -0.39 is 0 Å². The maximum absolute atomic E-state index is 6.43. The van der Waals surface area contributed by atoms with Crippen molar-refractivity contribution in [2.45, 2.75) is 0 Å². The van der Waals surface area contributed by atoms with E-state index in [1.807, 2.05) is 0 Å². The predicted octanol–water partition coefficient (Wildman–Crippen LogP) is 11.2. The smallest absolute Gasteiger partial charge is 0.137 e. The van der Waals surface area contributed by atoms with Gasteiger partial charge in [0.25, 0.3) is 0 Å². The Hall–Kier alpha value is -5.80. The van der Waals surface area contributed by atoms with E-state index in [9.17, 15) is 0 Å². The number of hydrogen-bond donors (Lipinski definition) is 0. The molecule has 0 unspecified atom stereocenters. The van der Waals surface area contributed by atoms with Crippen LogP contribution in [0, 0.1) is 0 Å². The molecule has 7 aromatic carbocycles. The van der Waals surface area contributed by atoms with E-state index >= 15 is 0 Å². The van der Waals surface area contributed by atoms with E-state index in [-0.39, 0.29) is 0 Å². The molecule has 0 radical (unpaired) electrons. The average molecular weight is 551 g/mol. The molecule has 0 bridgehead atoms. The fourth-order valence-electron chi connectivity index (χ4n) is 6.66. The van der Waals surface area contributed by atoms with Crippen molar-refractivity contribution >= 4 is 49.6 Å². The second-order valence-corrected chi connectivity index (χ2v) is 11.0. The Labute approximate surface area is 249 Å². The molecule has 0 aliphatic carbocycles. The molecule has 8 aromatic rings. The van der Waals surface area contributed by atoms with Crippen LogP contribution in [0.4, 0.5) is 17.1 Å². The van der Waals surface area contributed by atoms with Gasteiger partial charge < -0.3 is 14.2 Å². The molecule has 0 N–H and O–H groups in total. The number of aromatic nitrogens is 1. The number of benzene rings is 7. The minimum atomic E-state index is 0.910. The van der Waals surface area contributed by atoms with Crippen molar-refractivity contribution in [3.8, 4) is 28.3 Å². The van der Waals surface area contributed by atoms with Crippen LogP contribution >= 0.6 is 0 Å². The van der Waals surface area contributed by atoms with Gasteiger partial charge in [0.1, 0.15) is 11.5 Å². The Morgan fingerprint density at radius 1 is 0.419 bits per heavy atom. The van der Waals surface area contributed by atoms with E-state index in [4.69, 9.17) is 4.74 Å². The summed E-state index contributed by atoms with van der Waals surface area (Å²) in [5, 5.41) is 4.81. The predicted molar refractivity (Wildman–Crippen MR) is 178 cm³/mol. The summed E-state index contributed by atoms with van der Waals surface area (Å²) in [6.45, 7) is 0. The van der Waals surface area contributed by atoms with Crippen molar-refractivity contribution in [2.75, 3.05) is 4.90 Å². The van der Waals surface area contributed by atoms with Crippen LogP contribution in [0.15, 0.2) is 158 Å². The number of nitrogens with zero attached hydrogens (tertiary/aromatic N) is 2. The van der Waals surface area contributed by atoms with Gasteiger partial charge in [-0.1, -0.05) is 91.0 Å². The topological polar surface area (TPSA) is 17.4 Å². The summed E-state index contributed by atoms with van der Waals surface area (Å²) in [5.41, 5.74) is 9.15. The van der Waals surface area contributed by atoms with Crippen LogP contribution in [0.25, 0.3) is 49.4 Å². The summed E-state index contributed by atoms with van der Waals surface area (Å²) >= 11 is 0. The largest absolute Gasteiger partial charge is 0.456 e. The summed E-state index contributed by atoms with van der Waals surface area (Å²) in [4.78, 5) is 2.33. The fraction of sp³-hybridized carbons (Fsp3) is 0. The zero-order chi connectivity index (χ0) is 28.3. The molecule has 0 atom stereocenters. The molecule has 1 aliphatic rings. The molecule has 0 amide bonds. The highest BCUT2D eigenvalue weighted by molar-refractivity contribution is 6.26. The summed E-state index contributed by atoms with van der Waals surface area (Å²) in [5.74, 6) is 1.83. The van der Waals surface area contributed by atoms with Gasteiger partial charge in [-0.3, -0.25) is 0 Å². The van der Waals surface area contributed by atoms with Crippen LogP contribution in [0.3, 0.4) is 0 Å². The summed E-state index contributed by atoms with van der Waals surface area (Å²) in [6, 6.07) is 55.9. The molecule has 1 aliphatic heterocycles. The van der Waals surface area contributed by atoms with Crippen molar-refractivity contribution in [3.05, 3.63) is 158 Å². The third-order valence-electron chi connectivity index (χ3n) is 8.53. The van der Waals surface area contributed by atoms with Gasteiger partial charge in [-0.25, -0.2) is 0 Å². The minimum Gasteiger partial charge on any atom is -0.456 e. The highest BCUT2D eigenvalue weighted by atomic mass is 16.5. The minimum absolute atomic E-state index is 0.910. The second-order valence-electron chi connectivity index (χ2n) is 11.0.